The fourth-order valence-electron chi connectivity index (χ4n) is 3.14. The van der Waals surface area contributed by atoms with Gasteiger partial charge >= 0.3 is 5.97 Å². The summed E-state index contributed by atoms with van der Waals surface area (Å²) in [6, 6.07) is 10.7. The van der Waals surface area contributed by atoms with Crippen LogP contribution >= 0.6 is 0 Å². The zero-order chi connectivity index (χ0) is 18.1. The molecule has 0 spiro atoms. The zero-order valence-corrected chi connectivity index (χ0v) is 14.1. The molecular formula is C19H19N3O4. The maximum absolute atomic E-state index is 11.0. The van der Waals surface area contributed by atoms with E-state index in [1.807, 2.05) is 24.3 Å². The minimum Gasteiger partial charge on any atom is -0.486 e. The number of benzene rings is 2. The van der Waals surface area contributed by atoms with Crippen LogP contribution in [0, 0.1) is 0 Å². The molecule has 1 aliphatic heterocycles. The predicted octanol–water partition coefficient (Wildman–Crippen LogP) is 2.06. The molecule has 7 heteroatoms. The van der Waals surface area contributed by atoms with E-state index in [4.69, 9.17) is 25.3 Å². The molecule has 0 saturated carbocycles. The zero-order valence-electron chi connectivity index (χ0n) is 14.1. The van der Waals surface area contributed by atoms with Gasteiger partial charge in [0, 0.05) is 25.1 Å². The van der Waals surface area contributed by atoms with E-state index >= 15 is 0 Å². The van der Waals surface area contributed by atoms with E-state index in [9.17, 15) is 4.79 Å². The topological polar surface area (TPSA) is 99.6 Å². The van der Waals surface area contributed by atoms with Gasteiger partial charge in [-0.05, 0) is 24.2 Å². The lowest BCUT2D eigenvalue weighted by molar-refractivity contribution is 0.0697. The number of imidazole rings is 1. The maximum Gasteiger partial charge on any atom is 0.335 e. The van der Waals surface area contributed by atoms with Crippen molar-refractivity contribution in [1.82, 2.24) is 9.55 Å². The third-order valence-corrected chi connectivity index (χ3v) is 4.40. The van der Waals surface area contributed by atoms with Crippen molar-refractivity contribution in [2.45, 2.75) is 13.0 Å². The highest BCUT2D eigenvalue weighted by Crippen LogP contribution is 2.35. The van der Waals surface area contributed by atoms with Crippen LogP contribution < -0.4 is 15.2 Å². The normalized spacial score (nSPS) is 13.1. The van der Waals surface area contributed by atoms with Gasteiger partial charge in [-0.3, -0.25) is 0 Å². The van der Waals surface area contributed by atoms with Crippen LogP contribution in [-0.2, 0) is 13.0 Å². The Morgan fingerprint density at radius 2 is 1.85 bits per heavy atom. The van der Waals surface area contributed by atoms with Crippen LogP contribution in [0.25, 0.3) is 11.0 Å². The van der Waals surface area contributed by atoms with Gasteiger partial charge in [-0.2, -0.15) is 0 Å². The molecule has 0 fully saturated rings. The first kappa shape index (κ1) is 16.4. The van der Waals surface area contributed by atoms with Crippen molar-refractivity contribution in [3.05, 3.63) is 53.3 Å². The molecular weight excluding hydrogens is 334 g/mol. The second-order valence-electron chi connectivity index (χ2n) is 6.14. The third kappa shape index (κ3) is 2.97. The molecule has 1 aromatic heterocycles. The van der Waals surface area contributed by atoms with Gasteiger partial charge < -0.3 is 24.9 Å². The van der Waals surface area contributed by atoms with Crippen LogP contribution in [-0.4, -0.2) is 40.4 Å². The number of hydrogen-bond donors (Lipinski definition) is 2. The SMILES string of the molecule is NCCc1nc2cc3c(cc2n1Cc1ccc(C(=O)O)cc1)OCCO3. The van der Waals surface area contributed by atoms with Gasteiger partial charge in [0.15, 0.2) is 11.5 Å². The first-order valence-corrected chi connectivity index (χ1v) is 8.47. The number of nitrogens with zero attached hydrogens (tertiary/aromatic N) is 2. The van der Waals surface area contributed by atoms with Crippen LogP contribution in [0.15, 0.2) is 36.4 Å². The molecule has 3 N–H and O–H groups in total. The van der Waals surface area contributed by atoms with Gasteiger partial charge in [0.25, 0.3) is 0 Å². The molecule has 4 rings (SSSR count). The molecule has 2 aromatic carbocycles. The van der Waals surface area contributed by atoms with Crippen molar-refractivity contribution in [3.63, 3.8) is 0 Å². The van der Waals surface area contributed by atoms with Crippen LogP contribution in [0.1, 0.15) is 21.7 Å². The van der Waals surface area contributed by atoms with E-state index in [1.54, 1.807) is 12.1 Å². The summed E-state index contributed by atoms with van der Waals surface area (Å²) in [4.78, 5) is 15.7. The molecule has 0 bridgehead atoms. The second-order valence-corrected chi connectivity index (χ2v) is 6.14. The maximum atomic E-state index is 11.0. The van der Waals surface area contributed by atoms with Crippen LogP contribution in [0.4, 0.5) is 0 Å². The van der Waals surface area contributed by atoms with E-state index in [1.165, 1.54) is 0 Å². The lowest BCUT2D eigenvalue weighted by Gasteiger charge is -2.18. The second kappa shape index (κ2) is 6.68. The molecule has 7 nitrogen and oxygen atoms in total. The van der Waals surface area contributed by atoms with E-state index in [-0.39, 0.29) is 5.56 Å². The molecule has 1 aliphatic rings. The number of aromatic nitrogens is 2. The number of fused-ring (bicyclic) bond motifs is 2. The first-order chi connectivity index (χ1) is 12.7. The lowest BCUT2D eigenvalue weighted by atomic mass is 10.1. The van der Waals surface area contributed by atoms with Crippen molar-refractivity contribution >= 4 is 17.0 Å². The Balaban J connectivity index is 1.76. The van der Waals surface area contributed by atoms with E-state index in [0.717, 1.165) is 22.4 Å². The average molecular weight is 353 g/mol. The highest BCUT2D eigenvalue weighted by atomic mass is 16.6. The highest BCUT2D eigenvalue weighted by molar-refractivity contribution is 5.87. The third-order valence-electron chi connectivity index (χ3n) is 4.40. The summed E-state index contributed by atoms with van der Waals surface area (Å²) in [5.41, 5.74) is 8.79. The summed E-state index contributed by atoms with van der Waals surface area (Å²) >= 11 is 0. The Morgan fingerprint density at radius 3 is 2.50 bits per heavy atom. The molecule has 0 radical (unpaired) electrons. The first-order valence-electron chi connectivity index (χ1n) is 8.47. The molecule has 0 unspecified atom stereocenters. The van der Waals surface area contributed by atoms with Crippen LogP contribution in [0.5, 0.6) is 11.5 Å². The molecule has 134 valence electrons. The fourth-order valence-corrected chi connectivity index (χ4v) is 3.14. The Labute approximate surface area is 150 Å². The smallest absolute Gasteiger partial charge is 0.335 e. The monoisotopic (exact) mass is 353 g/mol. The van der Waals surface area contributed by atoms with Crippen molar-refractivity contribution < 1.29 is 19.4 Å². The molecule has 3 aromatic rings. The molecule has 0 aliphatic carbocycles. The minimum atomic E-state index is -0.933. The number of carboxylic acid groups (broad SMARTS) is 1. The number of ether oxygens (including phenoxy) is 2. The van der Waals surface area contributed by atoms with Gasteiger partial charge in [0.1, 0.15) is 19.0 Å². The molecule has 2 heterocycles. The molecule has 0 atom stereocenters. The van der Waals surface area contributed by atoms with Gasteiger partial charge in [0.2, 0.25) is 0 Å². The standard InChI is InChI=1S/C19H19N3O4/c20-6-5-18-21-14-9-16-17(26-8-7-25-16)10-15(14)22(18)11-12-1-3-13(4-2-12)19(23)24/h1-4,9-10H,5-8,11,20H2,(H,23,24). The van der Waals surface area contributed by atoms with Crippen LogP contribution in [0.3, 0.4) is 0 Å². The molecule has 0 amide bonds. The van der Waals surface area contributed by atoms with Crippen molar-refractivity contribution in [1.29, 1.82) is 0 Å². The van der Waals surface area contributed by atoms with Gasteiger partial charge in [0.05, 0.1) is 16.6 Å². The van der Waals surface area contributed by atoms with Crippen molar-refractivity contribution in [3.8, 4) is 11.5 Å². The Bertz CT molecular complexity index is 963. The number of nitrogens with two attached hydrogens (primary N) is 1. The summed E-state index contributed by atoms with van der Waals surface area (Å²) in [6.07, 6.45) is 0.647. The number of aromatic carboxylic acids is 1. The summed E-state index contributed by atoms with van der Waals surface area (Å²) in [6.45, 7) is 2.13. The van der Waals surface area contributed by atoms with Crippen molar-refractivity contribution in [2.24, 2.45) is 5.73 Å². The van der Waals surface area contributed by atoms with Gasteiger partial charge in [-0.25, -0.2) is 9.78 Å². The predicted molar refractivity (Wildman–Crippen MR) is 96.0 cm³/mol. The van der Waals surface area contributed by atoms with E-state index in [2.05, 4.69) is 4.57 Å². The Hall–Kier alpha value is -3.06. The van der Waals surface area contributed by atoms with Crippen molar-refractivity contribution in [2.75, 3.05) is 19.8 Å². The van der Waals surface area contributed by atoms with Gasteiger partial charge in [-0.1, -0.05) is 12.1 Å². The highest BCUT2D eigenvalue weighted by Gasteiger charge is 2.18. The number of hydrogen-bond acceptors (Lipinski definition) is 5. The summed E-state index contributed by atoms with van der Waals surface area (Å²) in [5.74, 6) is 1.37. The largest absolute Gasteiger partial charge is 0.486 e. The Morgan fingerprint density at radius 1 is 1.15 bits per heavy atom. The van der Waals surface area contributed by atoms with Gasteiger partial charge in [-0.15, -0.1) is 0 Å². The fraction of sp³-hybridized carbons (Fsp3) is 0.263. The van der Waals surface area contributed by atoms with Crippen LogP contribution in [0.2, 0.25) is 0 Å². The number of carboxylic acids is 1. The number of rotatable bonds is 5. The average Bonchev–Trinajstić information content (AvgIpc) is 2.97. The minimum absolute atomic E-state index is 0.269. The summed E-state index contributed by atoms with van der Waals surface area (Å²) in [5, 5.41) is 9.05. The Kier molecular flexibility index (Phi) is 4.22. The number of carbonyl (C=O) groups is 1. The molecule has 26 heavy (non-hydrogen) atoms. The molecule has 0 saturated heterocycles. The lowest BCUT2D eigenvalue weighted by Crippen LogP contribution is -2.15. The summed E-state index contributed by atoms with van der Waals surface area (Å²) in [7, 11) is 0. The quantitative estimate of drug-likeness (QED) is 0.728. The van der Waals surface area contributed by atoms with E-state index < -0.39 is 5.97 Å². The van der Waals surface area contributed by atoms with E-state index in [0.29, 0.717) is 44.2 Å². The summed E-state index contributed by atoms with van der Waals surface area (Å²) < 4.78 is 13.4.